The van der Waals surface area contributed by atoms with Crippen LogP contribution >= 0.6 is 0 Å². The highest BCUT2D eigenvalue weighted by Gasteiger charge is 2.16. The second-order valence-corrected chi connectivity index (χ2v) is 9.52. The molecule has 5 aromatic rings. The van der Waals surface area contributed by atoms with Gasteiger partial charge in [-0.05, 0) is 59.5 Å². The van der Waals surface area contributed by atoms with Crippen LogP contribution < -0.4 is 10.1 Å². The lowest BCUT2D eigenvalue weighted by molar-refractivity contribution is -0.136. The molecular formula is C33H30N2O5. The minimum Gasteiger partial charge on any atom is -0.493 e. The first-order chi connectivity index (χ1) is 19.5. The molecule has 0 radical (unpaired) electrons. The third-order valence-corrected chi connectivity index (χ3v) is 6.77. The van der Waals surface area contributed by atoms with Crippen LogP contribution in [-0.4, -0.2) is 28.6 Å². The van der Waals surface area contributed by atoms with E-state index in [-0.39, 0.29) is 18.7 Å². The van der Waals surface area contributed by atoms with Crippen LogP contribution in [0.4, 0.5) is 0 Å². The van der Waals surface area contributed by atoms with Crippen molar-refractivity contribution in [2.45, 2.75) is 32.7 Å². The lowest BCUT2D eigenvalue weighted by Gasteiger charge is -2.13. The predicted molar refractivity (Wildman–Crippen MR) is 153 cm³/mol. The molecule has 0 aliphatic rings. The number of hydrogen-bond donors (Lipinski definition) is 2. The van der Waals surface area contributed by atoms with Crippen LogP contribution in [0.25, 0.3) is 22.2 Å². The first-order valence-corrected chi connectivity index (χ1v) is 13.2. The molecule has 5 rings (SSSR count). The lowest BCUT2D eigenvalue weighted by Crippen LogP contribution is -2.24. The van der Waals surface area contributed by atoms with E-state index in [1.54, 1.807) is 18.2 Å². The smallest absolute Gasteiger partial charge is 0.303 e. The zero-order valence-electron chi connectivity index (χ0n) is 22.2. The Morgan fingerprint density at radius 2 is 1.68 bits per heavy atom. The highest BCUT2D eigenvalue weighted by atomic mass is 16.5. The summed E-state index contributed by atoms with van der Waals surface area (Å²) in [6.45, 7) is 2.57. The van der Waals surface area contributed by atoms with Crippen LogP contribution in [0.2, 0.25) is 0 Å². The van der Waals surface area contributed by atoms with E-state index in [9.17, 15) is 14.7 Å². The number of amides is 1. The van der Waals surface area contributed by atoms with Crippen LogP contribution in [0.15, 0.2) is 95.4 Å². The monoisotopic (exact) mass is 534 g/mol. The van der Waals surface area contributed by atoms with Gasteiger partial charge in [0.25, 0.3) is 5.91 Å². The van der Waals surface area contributed by atoms with Crippen molar-refractivity contribution in [1.82, 2.24) is 10.3 Å². The fourth-order valence-corrected chi connectivity index (χ4v) is 4.66. The molecule has 0 unspecified atom stereocenters. The van der Waals surface area contributed by atoms with Gasteiger partial charge in [-0.15, -0.1) is 0 Å². The fourth-order valence-electron chi connectivity index (χ4n) is 4.66. The SMILES string of the molecule is Cc1oc(-c2ccccc2)nc1CCOc1ccc(CCC(=O)O)c(C(=O)NCc2cccc3ccccc23)c1. The number of carboxylic acid groups (broad SMARTS) is 1. The van der Waals surface area contributed by atoms with Crippen LogP contribution in [0.5, 0.6) is 5.75 Å². The molecule has 7 heteroatoms. The van der Waals surface area contributed by atoms with Gasteiger partial charge in [0.05, 0.1) is 12.3 Å². The molecular weight excluding hydrogens is 504 g/mol. The number of fused-ring (bicyclic) bond motifs is 1. The Kier molecular flexibility index (Phi) is 8.21. The van der Waals surface area contributed by atoms with Gasteiger partial charge in [-0.1, -0.05) is 66.7 Å². The summed E-state index contributed by atoms with van der Waals surface area (Å²) >= 11 is 0. The summed E-state index contributed by atoms with van der Waals surface area (Å²) in [6.07, 6.45) is 0.706. The summed E-state index contributed by atoms with van der Waals surface area (Å²) in [7, 11) is 0. The van der Waals surface area contributed by atoms with E-state index in [0.717, 1.165) is 33.4 Å². The molecule has 2 N–H and O–H groups in total. The number of carboxylic acids is 1. The van der Waals surface area contributed by atoms with Crippen LogP contribution in [-0.2, 0) is 24.2 Å². The normalized spacial score (nSPS) is 10.9. The van der Waals surface area contributed by atoms with Crippen molar-refractivity contribution in [3.05, 3.63) is 119 Å². The molecule has 0 aliphatic carbocycles. The first-order valence-electron chi connectivity index (χ1n) is 13.2. The summed E-state index contributed by atoms with van der Waals surface area (Å²) in [5, 5.41) is 14.4. The first kappa shape index (κ1) is 26.7. The van der Waals surface area contributed by atoms with Gasteiger partial charge in [0.2, 0.25) is 5.89 Å². The number of oxazole rings is 1. The van der Waals surface area contributed by atoms with Crippen molar-refractivity contribution < 1.29 is 23.8 Å². The second kappa shape index (κ2) is 12.3. The summed E-state index contributed by atoms with van der Waals surface area (Å²) in [6, 6.07) is 28.9. The molecule has 0 fully saturated rings. The molecule has 0 bridgehead atoms. The van der Waals surface area contributed by atoms with Crippen LogP contribution in [0.3, 0.4) is 0 Å². The molecule has 7 nitrogen and oxygen atoms in total. The summed E-state index contributed by atoms with van der Waals surface area (Å²) in [5.74, 6) is 0.638. The molecule has 1 amide bonds. The minimum absolute atomic E-state index is 0.0704. The number of nitrogens with zero attached hydrogens (tertiary/aromatic N) is 1. The Balaban J connectivity index is 1.28. The highest BCUT2D eigenvalue weighted by molar-refractivity contribution is 5.96. The van der Waals surface area contributed by atoms with Crippen LogP contribution in [0, 0.1) is 6.92 Å². The Morgan fingerprint density at radius 3 is 2.50 bits per heavy atom. The molecule has 40 heavy (non-hydrogen) atoms. The quantitative estimate of drug-likeness (QED) is 0.204. The van der Waals surface area contributed by atoms with Crippen molar-refractivity contribution in [1.29, 1.82) is 0 Å². The molecule has 1 heterocycles. The van der Waals surface area contributed by atoms with Gasteiger partial charge in [-0.2, -0.15) is 0 Å². The van der Waals surface area contributed by atoms with Crippen molar-refractivity contribution in [3.63, 3.8) is 0 Å². The van der Waals surface area contributed by atoms with Gasteiger partial charge in [0.1, 0.15) is 11.5 Å². The molecule has 0 saturated heterocycles. The molecule has 202 valence electrons. The summed E-state index contributed by atoms with van der Waals surface area (Å²) < 4.78 is 11.8. The average Bonchev–Trinajstić information content (AvgIpc) is 3.35. The van der Waals surface area contributed by atoms with Gasteiger partial charge < -0.3 is 19.6 Å². The van der Waals surface area contributed by atoms with Crippen molar-refractivity contribution in [3.8, 4) is 17.2 Å². The molecule has 0 saturated carbocycles. The van der Waals surface area contributed by atoms with Gasteiger partial charge in [-0.25, -0.2) is 4.98 Å². The van der Waals surface area contributed by atoms with Crippen molar-refractivity contribution >= 4 is 22.6 Å². The van der Waals surface area contributed by atoms with E-state index >= 15 is 0 Å². The topological polar surface area (TPSA) is 102 Å². The van der Waals surface area contributed by atoms with Gasteiger partial charge >= 0.3 is 5.97 Å². The fraction of sp³-hybridized carbons (Fsp3) is 0.182. The number of rotatable bonds is 11. The Hall–Kier alpha value is -4.91. The maximum absolute atomic E-state index is 13.3. The number of benzene rings is 4. The maximum Gasteiger partial charge on any atom is 0.303 e. The van der Waals surface area contributed by atoms with Crippen molar-refractivity contribution in [2.75, 3.05) is 6.61 Å². The van der Waals surface area contributed by atoms with Gasteiger partial charge in [0.15, 0.2) is 0 Å². The minimum atomic E-state index is -0.916. The van der Waals surface area contributed by atoms with E-state index in [4.69, 9.17) is 9.15 Å². The number of nitrogens with one attached hydrogen (secondary N) is 1. The van der Waals surface area contributed by atoms with E-state index in [0.29, 0.717) is 42.3 Å². The average molecular weight is 535 g/mol. The number of hydrogen-bond acceptors (Lipinski definition) is 5. The Labute approximate surface area is 232 Å². The highest BCUT2D eigenvalue weighted by Crippen LogP contribution is 2.24. The van der Waals surface area contributed by atoms with E-state index < -0.39 is 5.97 Å². The maximum atomic E-state index is 13.3. The van der Waals surface area contributed by atoms with E-state index in [1.165, 1.54) is 0 Å². The molecule has 0 aliphatic heterocycles. The third kappa shape index (κ3) is 6.38. The summed E-state index contributed by atoms with van der Waals surface area (Å²) in [5.41, 5.74) is 3.79. The van der Waals surface area contributed by atoms with Crippen molar-refractivity contribution in [2.24, 2.45) is 0 Å². The Morgan fingerprint density at radius 1 is 0.900 bits per heavy atom. The predicted octanol–water partition coefficient (Wildman–Crippen LogP) is 6.37. The molecule has 0 spiro atoms. The molecule has 0 atom stereocenters. The number of carbonyl (C=O) groups is 2. The largest absolute Gasteiger partial charge is 0.493 e. The van der Waals surface area contributed by atoms with Gasteiger partial charge in [-0.3, -0.25) is 9.59 Å². The zero-order chi connectivity index (χ0) is 27.9. The summed E-state index contributed by atoms with van der Waals surface area (Å²) in [4.78, 5) is 29.1. The number of aliphatic carboxylic acids is 1. The second-order valence-electron chi connectivity index (χ2n) is 9.52. The lowest BCUT2D eigenvalue weighted by atomic mass is 10.0. The third-order valence-electron chi connectivity index (χ3n) is 6.77. The number of carbonyl (C=O) groups excluding carboxylic acids is 1. The van der Waals surface area contributed by atoms with Gasteiger partial charge in [0, 0.05) is 30.5 Å². The standard InChI is InChI=1S/C33H30N2O5/c1-22-30(35-33(40-22)25-9-3-2-4-10-25)18-19-39-27-16-14-24(15-17-31(36)37)29(20-27)32(38)34-21-26-12-7-11-23-8-5-6-13-28(23)26/h2-14,16,20H,15,17-19,21H2,1H3,(H,34,38)(H,36,37). The van der Waals surface area contributed by atoms with E-state index in [2.05, 4.69) is 10.3 Å². The number of aryl methyl sites for hydroxylation is 2. The number of aromatic nitrogens is 1. The molecule has 4 aromatic carbocycles. The van der Waals surface area contributed by atoms with E-state index in [1.807, 2.05) is 79.7 Å². The molecule has 1 aromatic heterocycles. The van der Waals surface area contributed by atoms with Crippen LogP contribution in [0.1, 0.15) is 39.4 Å². The number of ether oxygens (including phenoxy) is 1. The Bertz CT molecular complexity index is 1640. The zero-order valence-corrected chi connectivity index (χ0v) is 22.2.